The normalized spacial score (nSPS) is 42.5. The van der Waals surface area contributed by atoms with Crippen molar-refractivity contribution in [2.24, 2.45) is 33.8 Å². The standard InChI is InChI=1S/C27H38F2N2S/c1-24(2)17-31(10-9-21(24)30)23(32)27-13-19-11-26(16-27,18-7-5-4-6-8-18)12-20(14-27)25(19,3)15-22(28)29/h4-8,19-22H,9-17,30H2,1-3H3/t19?,20?,21-,25?,26?,27?/m0/s1. The number of halogens is 2. The summed E-state index contributed by atoms with van der Waals surface area (Å²) in [6.07, 6.45) is 3.83. The molecule has 5 aliphatic rings. The Morgan fingerprint density at radius 1 is 1.09 bits per heavy atom. The lowest BCUT2D eigenvalue weighted by Gasteiger charge is -2.69. The van der Waals surface area contributed by atoms with E-state index in [4.69, 9.17) is 18.0 Å². The van der Waals surface area contributed by atoms with Gasteiger partial charge in [0.05, 0.1) is 4.99 Å². The van der Waals surface area contributed by atoms with Gasteiger partial charge in [0.1, 0.15) is 0 Å². The van der Waals surface area contributed by atoms with Gasteiger partial charge in [-0.3, -0.25) is 0 Å². The van der Waals surface area contributed by atoms with Crippen LogP contribution in [-0.2, 0) is 5.41 Å². The van der Waals surface area contributed by atoms with Crippen molar-refractivity contribution in [3.05, 3.63) is 35.9 Å². The van der Waals surface area contributed by atoms with E-state index in [0.29, 0.717) is 11.8 Å². The van der Waals surface area contributed by atoms with Crippen LogP contribution in [0.15, 0.2) is 30.3 Å². The van der Waals surface area contributed by atoms with Gasteiger partial charge in [-0.1, -0.05) is 63.3 Å². The lowest BCUT2D eigenvalue weighted by molar-refractivity contribution is -0.153. The van der Waals surface area contributed by atoms with E-state index in [1.165, 1.54) is 5.56 Å². The van der Waals surface area contributed by atoms with Gasteiger partial charge in [-0.05, 0) is 72.2 Å². The molecule has 0 amide bonds. The molecular weight excluding hydrogens is 422 g/mol. The maximum atomic E-state index is 13.7. The molecule has 4 bridgehead atoms. The van der Waals surface area contributed by atoms with Crippen molar-refractivity contribution in [3.63, 3.8) is 0 Å². The lowest BCUT2D eigenvalue weighted by Crippen LogP contribution is -2.66. The minimum atomic E-state index is -2.24. The summed E-state index contributed by atoms with van der Waals surface area (Å²) in [6, 6.07) is 11.1. The van der Waals surface area contributed by atoms with Crippen molar-refractivity contribution in [1.29, 1.82) is 0 Å². The molecule has 5 fully saturated rings. The first-order valence-electron chi connectivity index (χ1n) is 12.4. The van der Waals surface area contributed by atoms with Gasteiger partial charge in [0.25, 0.3) is 0 Å². The predicted molar refractivity (Wildman–Crippen MR) is 130 cm³/mol. The summed E-state index contributed by atoms with van der Waals surface area (Å²) in [5.41, 5.74) is 7.59. The zero-order valence-corrected chi connectivity index (χ0v) is 20.6. The van der Waals surface area contributed by atoms with E-state index in [0.717, 1.165) is 56.6 Å². The highest BCUT2D eigenvalue weighted by molar-refractivity contribution is 7.80. The van der Waals surface area contributed by atoms with Crippen LogP contribution in [-0.4, -0.2) is 35.4 Å². The Hall–Kier alpha value is -1.07. The molecule has 3 atom stereocenters. The van der Waals surface area contributed by atoms with E-state index < -0.39 is 6.43 Å². The fraction of sp³-hybridized carbons (Fsp3) is 0.741. The van der Waals surface area contributed by atoms with Crippen LogP contribution >= 0.6 is 12.2 Å². The predicted octanol–water partition coefficient (Wildman–Crippen LogP) is 6.18. The average molecular weight is 461 g/mol. The molecule has 2 nitrogen and oxygen atoms in total. The van der Waals surface area contributed by atoms with E-state index >= 15 is 0 Å². The molecule has 0 spiro atoms. The van der Waals surface area contributed by atoms with Crippen molar-refractivity contribution in [3.8, 4) is 0 Å². The molecule has 1 aromatic rings. The maximum Gasteiger partial charge on any atom is 0.239 e. The largest absolute Gasteiger partial charge is 0.365 e. The van der Waals surface area contributed by atoms with Gasteiger partial charge in [0.15, 0.2) is 0 Å². The van der Waals surface area contributed by atoms with E-state index in [1.807, 2.05) is 0 Å². The first kappa shape index (κ1) is 22.7. The lowest BCUT2D eigenvalue weighted by atomic mass is 9.36. The van der Waals surface area contributed by atoms with E-state index in [1.54, 1.807) is 0 Å². The summed E-state index contributed by atoms with van der Waals surface area (Å²) >= 11 is 6.31. The summed E-state index contributed by atoms with van der Waals surface area (Å²) in [7, 11) is 0. The first-order valence-corrected chi connectivity index (χ1v) is 12.8. The van der Waals surface area contributed by atoms with Crippen molar-refractivity contribution in [2.45, 2.75) is 83.6 Å². The van der Waals surface area contributed by atoms with Crippen LogP contribution < -0.4 is 5.73 Å². The van der Waals surface area contributed by atoms with Crippen LogP contribution in [0.2, 0.25) is 0 Å². The van der Waals surface area contributed by atoms with Gasteiger partial charge in [-0.15, -0.1) is 0 Å². The number of piperidine rings is 1. The van der Waals surface area contributed by atoms with E-state index in [-0.39, 0.29) is 34.1 Å². The number of hydrogen-bond donors (Lipinski definition) is 1. The molecule has 2 unspecified atom stereocenters. The molecule has 4 aliphatic carbocycles. The zero-order valence-electron chi connectivity index (χ0n) is 19.7. The second-order valence-corrected chi connectivity index (χ2v) is 12.9. The van der Waals surface area contributed by atoms with Crippen molar-refractivity contribution in [2.75, 3.05) is 13.1 Å². The number of nitrogens with two attached hydrogens (primary N) is 1. The van der Waals surface area contributed by atoms with Crippen molar-refractivity contribution < 1.29 is 8.78 Å². The van der Waals surface area contributed by atoms with Gasteiger partial charge < -0.3 is 10.6 Å². The molecule has 6 rings (SSSR count). The Bertz CT molecular complexity index is 867. The molecule has 176 valence electrons. The number of nitrogens with zero attached hydrogens (tertiary/aromatic N) is 1. The molecular formula is C27H38F2N2S. The van der Waals surface area contributed by atoms with Crippen LogP contribution in [0.1, 0.15) is 71.3 Å². The Morgan fingerprint density at radius 3 is 2.28 bits per heavy atom. The molecule has 1 aliphatic heterocycles. The second kappa shape index (κ2) is 7.46. The van der Waals surface area contributed by atoms with Crippen molar-refractivity contribution in [1.82, 2.24) is 4.90 Å². The van der Waals surface area contributed by atoms with E-state index in [2.05, 4.69) is 56.0 Å². The molecule has 4 saturated carbocycles. The Kier molecular flexibility index (Phi) is 5.30. The van der Waals surface area contributed by atoms with Gasteiger partial charge >= 0.3 is 0 Å². The van der Waals surface area contributed by atoms with Crippen molar-refractivity contribution >= 4 is 17.2 Å². The summed E-state index contributed by atoms with van der Waals surface area (Å²) in [5, 5.41) is 0. The third-order valence-corrected chi connectivity index (χ3v) is 10.8. The number of rotatable bonds is 4. The minimum absolute atomic E-state index is 0.0294. The third-order valence-electron chi connectivity index (χ3n) is 10.1. The van der Waals surface area contributed by atoms with Crippen LogP contribution in [0.25, 0.3) is 0 Å². The number of alkyl halides is 2. The summed E-state index contributed by atoms with van der Waals surface area (Å²) in [5.74, 6) is 0.604. The Morgan fingerprint density at radius 2 is 1.72 bits per heavy atom. The van der Waals surface area contributed by atoms with Gasteiger partial charge in [-0.2, -0.15) is 0 Å². The van der Waals surface area contributed by atoms with Gasteiger partial charge in [-0.25, -0.2) is 8.78 Å². The van der Waals surface area contributed by atoms with E-state index in [9.17, 15) is 8.78 Å². The highest BCUT2D eigenvalue weighted by Gasteiger charge is 2.67. The quantitative estimate of drug-likeness (QED) is 0.544. The maximum absolute atomic E-state index is 13.7. The monoisotopic (exact) mass is 460 g/mol. The summed E-state index contributed by atoms with van der Waals surface area (Å²) < 4.78 is 27.4. The Balaban J connectivity index is 1.52. The summed E-state index contributed by atoms with van der Waals surface area (Å²) in [6.45, 7) is 8.48. The fourth-order valence-electron chi connectivity index (χ4n) is 8.33. The van der Waals surface area contributed by atoms with Gasteiger partial charge in [0, 0.05) is 31.0 Å². The molecule has 1 aromatic carbocycles. The third kappa shape index (κ3) is 3.36. The number of likely N-dealkylation sites (tertiary alicyclic amines) is 1. The van der Waals surface area contributed by atoms with Crippen LogP contribution in [0, 0.1) is 28.1 Å². The molecule has 5 heteroatoms. The van der Waals surface area contributed by atoms with Crippen LogP contribution in [0.4, 0.5) is 8.78 Å². The number of hydrogen-bond acceptors (Lipinski definition) is 2. The topological polar surface area (TPSA) is 29.3 Å². The average Bonchev–Trinajstić information content (AvgIpc) is 2.73. The molecule has 1 heterocycles. The highest BCUT2D eigenvalue weighted by Crippen LogP contribution is 2.72. The molecule has 2 N–H and O–H groups in total. The molecule has 0 radical (unpaired) electrons. The first-order chi connectivity index (χ1) is 15.0. The molecule has 0 aromatic heterocycles. The number of benzene rings is 1. The molecule has 32 heavy (non-hydrogen) atoms. The van der Waals surface area contributed by atoms with Crippen LogP contribution in [0.3, 0.4) is 0 Å². The summed E-state index contributed by atoms with van der Waals surface area (Å²) in [4.78, 5) is 3.54. The van der Waals surface area contributed by atoms with Gasteiger partial charge in [0.2, 0.25) is 6.43 Å². The smallest absolute Gasteiger partial charge is 0.239 e. The second-order valence-electron chi connectivity index (χ2n) is 12.5. The number of thiocarbonyl (C=S) groups is 1. The zero-order chi connectivity index (χ0) is 22.9. The fourth-order valence-corrected chi connectivity index (χ4v) is 8.72. The minimum Gasteiger partial charge on any atom is -0.365 e. The highest BCUT2D eigenvalue weighted by atomic mass is 32.1. The SMILES string of the molecule is CC1(CC(F)F)C2CC3(C(=S)N4CC[C@H](N)C(C)(C)C4)CC1CC(c1ccccc1)(C2)C3. The molecule has 1 saturated heterocycles. The van der Waals surface area contributed by atoms with Crippen LogP contribution in [0.5, 0.6) is 0 Å². The Labute approximate surface area is 197 Å².